The smallest absolute Gasteiger partial charge is 0.240 e. The van der Waals surface area contributed by atoms with E-state index in [2.05, 4.69) is 15.1 Å². The van der Waals surface area contributed by atoms with Crippen molar-refractivity contribution in [2.75, 3.05) is 0 Å². The molecule has 22 heavy (non-hydrogen) atoms. The summed E-state index contributed by atoms with van der Waals surface area (Å²) in [5, 5.41) is 3.49. The second-order valence-corrected chi connectivity index (χ2v) is 6.01. The number of pyridine rings is 1. The van der Waals surface area contributed by atoms with E-state index in [0.717, 1.165) is 24.7 Å². The first-order valence-electron chi connectivity index (χ1n) is 6.01. The van der Waals surface area contributed by atoms with Crippen molar-refractivity contribution in [1.29, 1.82) is 0 Å². The third kappa shape index (κ3) is 2.58. The summed E-state index contributed by atoms with van der Waals surface area (Å²) in [6.07, 6.45) is 1.80. The van der Waals surface area contributed by atoms with Crippen molar-refractivity contribution < 1.29 is 17.2 Å². The fourth-order valence-corrected chi connectivity index (χ4v) is 2.68. The Morgan fingerprint density at radius 3 is 2.23 bits per heavy atom. The van der Waals surface area contributed by atoms with Crippen LogP contribution in [0, 0.1) is 11.6 Å². The van der Waals surface area contributed by atoms with Crippen molar-refractivity contribution >= 4 is 10.0 Å². The van der Waals surface area contributed by atoms with Gasteiger partial charge in [0.2, 0.25) is 0 Å². The van der Waals surface area contributed by atoms with Crippen LogP contribution in [0.2, 0.25) is 0 Å². The molecule has 0 saturated carbocycles. The highest BCUT2D eigenvalue weighted by Gasteiger charge is 2.21. The molecule has 3 rings (SSSR count). The summed E-state index contributed by atoms with van der Waals surface area (Å²) in [4.78, 5) is 7.39. The van der Waals surface area contributed by atoms with Gasteiger partial charge >= 0.3 is 10.0 Å². The lowest BCUT2D eigenvalue weighted by molar-refractivity contribution is 0.573. The van der Waals surface area contributed by atoms with Gasteiger partial charge in [-0.15, -0.1) is 9.19 Å². The van der Waals surface area contributed by atoms with Gasteiger partial charge in [0.1, 0.15) is 18.0 Å². The fraction of sp³-hybridized carbons (Fsp3) is 0. The Bertz CT molecular complexity index is 906. The summed E-state index contributed by atoms with van der Waals surface area (Å²) < 4.78 is 50.8. The van der Waals surface area contributed by atoms with Crippen LogP contribution in [0.5, 0.6) is 0 Å². The highest BCUT2D eigenvalue weighted by atomic mass is 32.2. The number of hydrogen-bond donors (Lipinski definition) is 0. The number of halogens is 2. The molecule has 2 aromatic heterocycles. The van der Waals surface area contributed by atoms with Crippen LogP contribution in [0.15, 0.2) is 53.9 Å². The van der Waals surface area contributed by atoms with Gasteiger partial charge in [-0.25, -0.2) is 18.7 Å². The van der Waals surface area contributed by atoms with Crippen molar-refractivity contribution in [2.24, 2.45) is 0 Å². The molecule has 3 aromatic rings. The fourth-order valence-electron chi connectivity index (χ4n) is 1.71. The van der Waals surface area contributed by atoms with Gasteiger partial charge in [0.25, 0.3) is 0 Å². The summed E-state index contributed by atoms with van der Waals surface area (Å²) in [7, 11) is -4.06. The molecule has 0 fully saturated rings. The Kier molecular flexibility index (Phi) is 3.41. The van der Waals surface area contributed by atoms with Crippen LogP contribution in [0.3, 0.4) is 0 Å². The average Bonchev–Trinajstić information content (AvgIpc) is 2.99. The number of rotatable bonds is 3. The van der Waals surface area contributed by atoms with Gasteiger partial charge in [-0.2, -0.15) is 8.42 Å². The van der Waals surface area contributed by atoms with Gasteiger partial charge in [0.05, 0.1) is 6.20 Å². The van der Waals surface area contributed by atoms with Crippen LogP contribution in [0.4, 0.5) is 8.78 Å². The molecule has 0 radical (unpaired) electrons. The monoisotopic (exact) mass is 322 g/mol. The molecule has 112 valence electrons. The third-order valence-corrected chi connectivity index (χ3v) is 4.22. The molecule has 0 amide bonds. The number of aromatic nitrogens is 4. The minimum absolute atomic E-state index is 0.116. The van der Waals surface area contributed by atoms with Gasteiger partial charge in [-0.3, -0.25) is 0 Å². The topological polar surface area (TPSA) is 77.7 Å². The molecule has 0 saturated heterocycles. The minimum atomic E-state index is -4.06. The predicted molar refractivity (Wildman–Crippen MR) is 72.2 cm³/mol. The Morgan fingerprint density at radius 1 is 0.909 bits per heavy atom. The lowest BCUT2D eigenvalue weighted by Gasteiger charge is -2.02. The van der Waals surface area contributed by atoms with E-state index in [1.165, 1.54) is 24.3 Å². The van der Waals surface area contributed by atoms with E-state index in [0.29, 0.717) is 9.65 Å². The molecule has 0 aliphatic carbocycles. The molecule has 6 nitrogen and oxygen atoms in total. The molecule has 0 spiro atoms. The summed E-state index contributed by atoms with van der Waals surface area (Å²) in [6, 6.07) is 7.30. The Labute approximate surface area is 124 Å². The minimum Gasteiger partial charge on any atom is -0.240 e. The summed E-state index contributed by atoms with van der Waals surface area (Å²) >= 11 is 0. The standard InChI is InChI=1S/C13H8F2N4O2S/c14-10-3-1-9(2-4-10)13-17-8-19(18-13)22(20,21)12-6-5-11(15)7-16-12/h1-8H. The molecular formula is C13H8F2N4O2S. The Morgan fingerprint density at radius 2 is 1.59 bits per heavy atom. The summed E-state index contributed by atoms with van der Waals surface area (Å²) in [5.41, 5.74) is 0.461. The normalized spacial score (nSPS) is 11.5. The first kappa shape index (κ1) is 14.3. The zero-order valence-electron chi connectivity index (χ0n) is 10.9. The lowest BCUT2D eigenvalue weighted by atomic mass is 10.2. The maximum Gasteiger partial charge on any atom is 0.301 e. The van der Waals surface area contributed by atoms with Crippen LogP contribution in [-0.4, -0.2) is 27.6 Å². The van der Waals surface area contributed by atoms with Crippen molar-refractivity contribution in [3.05, 3.63) is 60.6 Å². The highest BCUT2D eigenvalue weighted by Crippen LogP contribution is 2.17. The van der Waals surface area contributed by atoms with Gasteiger partial charge in [-0.05, 0) is 36.4 Å². The van der Waals surface area contributed by atoms with Crippen LogP contribution < -0.4 is 0 Å². The van der Waals surface area contributed by atoms with E-state index < -0.39 is 21.7 Å². The number of benzene rings is 1. The van der Waals surface area contributed by atoms with E-state index in [1.54, 1.807) is 0 Å². The van der Waals surface area contributed by atoms with E-state index in [-0.39, 0.29) is 10.9 Å². The maximum absolute atomic E-state index is 12.9. The largest absolute Gasteiger partial charge is 0.301 e. The predicted octanol–water partition coefficient (Wildman–Crippen LogP) is 1.86. The van der Waals surface area contributed by atoms with Gasteiger partial charge < -0.3 is 0 Å². The first-order valence-corrected chi connectivity index (χ1v) is 7.45. The van der Waals surface area contributed by atoms with Crippen LogP contribution in [-0.2, 0) is 10.0 Å². The lowest BCUT2D eigenvalue weighted by Crippen LogP contribution is -2.15. The zero-order valence-corrected chi connectivity index (χ0v) is 11.7. The Balaban J connectivity index is 1.99. The van der Waals surface area contributed by atoms with E-state index in [4.69, 9.17) is 0 Å². The summed E-state index contributed by atoms with van der Waals surface area (Å²) in [5.74, 6) is -0.957. The van der Waals surface area contributed by atoms with Crippen molar-refractivity contribution in [1.82, 2.24) is 19.2 Å². The van der Waals surface area contributed by atoms with Gasteiger partial charge in [0.15, 0.2) is 10.9 Å². The zero-order chi connectivity index (χ0) is 15.7. The van der Waals surface area contributed by atoms with Crippen molar-refractivity contribution in [2.45, 2.75) is 5.03 Å². The van der Waals surface area contributed by atoms with E-state index >= 15 is 0 Å². The SMILES string of the molecule is O=S(=O)(c1ccc(F)cn1)n1cnc(-c2ccc(F)cc2)n1. The molecule has 1 aromatic carbocycles. The maximum atomic E-state index is 12.9. The molecule has 0 aliphatic heterocycles. The molecule has 2 heterocycles. The molecule has 0 N–H and O–H groups in total. The van der Waals surface area contributed by atoms with Crippen LogP contribution in [0.1, 0.15) is 0 Å². The molecule has 0 aliphatic rings. The quantitative estimate of drug-likeness (QED) is 0.735. The second kappa shape index (κ2) is 5.26. The molecule has 0 bridgehead atoms. The number of hydrogen-bond acceptors (Lipinski definition) is 5. The average molecular weight is 322 g/mol. The highest BCUT2D eigenvalue weighted by molar-refractivity contribution is 7.89. The second-order valence-electron chi connectivity index (χ2n) is 4.27. The van der Waals surface area contributed by atoms with Gasteiger partial charge in [-0.1, -0.05) is 0 Å². The van der Waals surface area contributed by atoms with E-state index in [9.17, 15) is 17.2 Å². The van der Waals surface area contributed by atoms with Crippen LogP contribution in [0.25, 0.3) is 11.4 Å². The first-order chi connectivity index (χ1) is 10.5. The number of nitrogens with zero attached hydrogens (tertiary/aromatic N) is 4. The van der Waals surface area contributed by atoms with E-state index in [1.807, 2.05) is 0 Å². The molecule has 0 atom stereocenters. The molecule has 0 unspecified atom stereocenters. The van der Waals surface area contributed by atoms with Crippen LogP contribution >= 0.6 is 0 Å². The molecule has 9 heteroatoms. The summed E-state index contributed by atoms with van der Waals surface area (Å²) in [6.45, 7) is 0. The third-order valence-electron chi connectivity index (χ3n) is 2.79. The molecular weight excluding hydrogens is 314 g/mol. The van der Waals surface area contributed by atoms with Crippen molar-refractivity contribution in [3.63, 3.8) is 0 Å². The van der Waals surface area contributed by atoms with Gasteiger partial charge in [0, 0.05) is 5.56 Å². The van der Waals surface area contributed by atoms with Crippen molar-refractivity contribution in [3.8, 4) is 11.4 Å². The Hall–Kier alpha value is -2.68.